The summed E-state index contributed by atoms with van der Waals surface area (Å²) in [6.07, 6.45) is -0.982. The number of hydrogen-bond donors (Lipinski definition) is 1. The molecule has 1 unspecified atom stereocenters. The first-order valence-electron chi connectivity index (χ1n) is 9.67. The number of alkyl halides is 3. The number of nitrogens with zero attached hydrogens (tertiary/aromatic N) is 1. The molecule has 1 heterocycles. The van der Waals surface area contributed by atoms with Gasteiger partial charge in [0.05, 0.1) is 16.8 Å². The Hall–Kier alpha value is -3.58. The molecule has 1 aliphatic heterocycles. The van der Waals surface area contributed by atoms with Gasteiger partial charge >= 0.3 is 6.18 Å². The average molecular weight is 455 g/mol. The van der Waals surface area contributed by atoms with Crippen LogP contribution in [-0.2, 0) is 6.18 Å². The minimum absolute atomic E-state index is 0.174. The van der Waals surface area contributed by atoms with Crippen LogP contribution in [0, 0.1) is 0 Å². The first kappa shape index (κ1) is 20.3. The fraction of sp³-hybridized carbons (Fsp3) is 0.0833. The summed E-state index contributed by atoms with van der Waals surface area (Å²) < 4.78 is 38.6. The fourth-order valence-electron chi connectivity index (χ4n) is 4.03. The number of nitrogens with one attached hydrogen (secondary N) is 1. The smallest absolute Gasteiger partial charge is 0.355 e. The van der Waals surface area contributed by atoms with Crippen LogP contribution >= 0.6 is 11.6 Å². The molecule has 3 aromatic rings. The second kappa shape index (κ2) is 7.24. The van der Waals surface area contributed by atoms with E-state index in [0.29, 0.717) is 33.2 Å². The largest absolute Gasteiger partial charge is 0.416 e. The van der Waals surface area contributed by atoms with E-state index in [1.54, 1.807) is 48.6 Å². The van der Waals surface area contributed by atoms with Crippen LogP contribution in [0.2, 0.25) is 5.02 Å². The number of hydrogen-bond acceptors (Lipinski definition) is 3. The third-order valence-corrected chi connectivity index (χ3v) is 5.73. The van der Waals surface area contributed by atoms with Gasteiger partial charge in [-0.2, -0.15) is 13.2 Å². The molecule has 0 aromatic heterocycles. The molecule has 1 N–H and O–H groups in total. The zero-order chi connectivity index (χ0) is 22.6. The summed E-state index contributed by atoms with van der Waals surface area (Å²) in [6.45, 7) is 0. The quantitative estimate of drug-likeness (QED) is 0.502. The van der Waals surface area contributed by atoms with E-state index in [2.05, 4.69) is 5.32 Å². The number of benzene rings is 3. The van der Waals surface area contributed by atoms with Crippen molar-refractivity contribution in [3.63, 3.8) is 0 Å². The second-order valence-corrected chi connectivity index (χ2v) is 7.91. The zero-order valence-electron chi connectivity index (χ0n) is 16.3. The van der Waals surface area contributed by atoms with E-state index in [4.69, 9.17) is 11.6 Å². The van der Waals surface area contributed by atoms with Crippen LogP contribution in [0.3, 0.4) is 0 Å². The van der Waals surface area contributed by atoms with Crippen molar-refractivity contribution in [2.75, 3.05) is 10.2 Å². The normalized spacial score (nSPS) is 17.0. The van der Waals surface area contributed by atoms with Gasteiger partial charge in [0.15, 0.2) is 5.78 Å². The van der Waals surface area contributed by atoms with Crippen LogP contribution in [-0.4, -0.2) is 17.7 Å². The van der Waals surface area contributed by atoms with Gasteiger partial charge in [-0.25, -0.2) is 0 Å². The van der Waals surface area contributed by atoms with Crippen LogP contribution in [0.15, 0.2) is 66.7 Å². The minimum atomic E-state index is -4.45. The third-order valence-electron chi connectivity index (χ3n) is 5.50. The zero-order valence-corrected chi connectivity index (χ0v) is 17.0. The van der Waals surface area contributed by atoms with Gasteiger partial charge in [-0.15, -0.1) is 0 Å². The number of rotatable bonds is 3. The summed E-state index contributed by atoms with van der Waals surface area (Å²) >= 11 is 6.10. The molecule has 5 rings (SSSR count). The van der Waals surface area contributed by atoms with E-state index in [1.807, 2.05) is 0 Å². The number of amides is 1. The number of anilines is 3. The van der Waals surface area contributed by atoms with Crippen LogP contribution in [0.25, 0.3) is 6.08 Å². The van der Waals surface area contributed by atoms with Gasteiger partial charge in [-0.1, -0.05) is 35.9 Å². The van der Waals surface area contributed by atoms with Crippen molar-refractivity contribution >= 4 is 46.4 Å². The van der Waals surface area contributed by atoms with Crippen molar-refractivity contribution in [3.05, 3.63) is 94.0 Å². The van der Waals surface area contributed by atoms with Crippen molar-refractivity contribution in [2.45, 2.75) is 12.2 Å². The topological polar surface area (TPSA) is 49.4 Å². The lowest BCUT2D eigenvalue weighted by atomic mass is 9.83. The number of fused-ring (bicyclic) bond motifs is 1. The lowest BCUT2D eigenvalue weighted by molar-refractivity contribution is -0.137. The Bertz CT molecular complexity index is 1300. The van der Waals surface area contributed by atoms with Gasteiger partial charge < -0.3 is 5.32 Å². The molecule has 8 heteroatoms. The first-order valence-corrected chi connectivity index (χ1v) is 10.0. The van der Waals surface area contributed by atoms with Gasteiger partial charge in [0.1, 0.15) is 6.04 Å². The number of Topliss-reactive ketones (excluding diaryl/α,β-unsaturated/α-hetero) is 1. The predicted octanol–water partition coefficient (Wildman–Crippen LogP) is 6.34. The van der Waals surface area contributed by atoms with Crippen molar-refractivity contribution in [2.24, 2.45) is 0 Å². The molecule has 0 spiro atoms. The van der Waals surface area contributed by atoms with Gasteiger partial charge in [-0.05, 0) is 54.1 Å². The molecule has 1 atom stereocenters. The van der Waals surface area contributed by atoms with Gasteiger partial charge in [0.25, 0.3) is 5.91 Å². The van der Waals surface area contributed by atoms with Gasteiger partial charge in [0.2, 0.25) is 0 Å². The summed E-state index contributed by atoms with van der Waals surface area (Å²) in [5.74, 6) is -0.624. The molecule has 1 aliphatic carbocycles. The van der Waals surface area contributed by atoms with Crippen LogP contribution in [0.1, 0.15) is 31.8 Å². The van der Waals surface area contributed by atoms with E-state index < -0.39 is 23.7 Å². The Kier molecular flexibility index (Phi) is 4.60. The molecule has 4 nitrogen and oxygen atoms in total. The molecular weight excluding hydrogens is 441 g/mol. The van der Waals surface area contributed by atoms with Crippen molar-refractivity contribution in [3.8, 4) is 0 Å². The predicted molar refractivity (Wildman–Crippen MR) is 117 cm³/mol. The highest BCUT2D eigenvalue weighted by Crippen LogP contribution is 2.39. The van der Waals surface area contributed by atoms with Gasteiger partial charge in [-0.3, -0.25) is 14.5 Å². The van der Waals surface area contributed by atoms with Crippen LogP contribution in [0.4, 0.5) is 30.2 Å². The highest BCUT2D eigenvalue weighted by atomic mass is 35.5. The van der Waals surface area contributed by atoms with E-state index in [1.165, 1.54) is 17.0 Å². The standard InChI is InChI=1S/C24H14ClF3N2O2/c25-15-2-1-3-17(12-15)30-19-11-5-13-4-10-18(21(23(30)32)20(13)22(19)31)29-16-8-6-14(7-9-16)24(26,27)28/h1-12,19,29H. The molecule has 0 fully saturated rings. The van der Waals surface area contributed by atoms with Crippen molar-refractivity contribution < 1.29 is 22.8 Å². The Labute approximate surface area is 185 Å². The minimum Gasteiger partial charge on any atom is -0.355 e. The molecule has 3 aromatic carbocycles. The summed E-state index contributed by atoms with van der Waals surface area (Å²) in [7, 11) is 0. The molecule has 2 aliphatic rings. The summed E-state index contributed by atoms with van der Waals surface area (Å²) in [6, 6.07) is 13.7. The van der Waals surface area contributed by atoms with Crippen molar-refractivity contribution in [1.29, 1.82) is 0 Å². The molecule has 0 saturated heterocycles. The van der Waals surface area contributed by atoms with E-state index in [9.17, 15) is 22.8 Å². The molecular formula is C24H14ClF3N2O2. The highest BCUT2D eigenvalue weighted by Gasteiger charge is 2.43. The number of ketones is 1. The number of carbonyl (C=O) groups is 2. The summed E-state index contributed by atoms with van der Waals surface area (Å²) in [4.78, 5) is 28.2. The Morgan fingerprint density at radius 3 is 2.38 bits per heavy atom. The Morgan fingerprint density at radius 1 is 0.938 bits per heavy atom. The summed E-state index contributed by atoms with van der Waals surface area (Å²) in [5, 5.41) is 3.42. The molecule has 2 bridgehead atoms. The van der Waals surface area contributed by atoms with E-state index in [0.717, 1.165) is 12.1 Å². The van der Waals surface area contributed by atoms with Crippen LogP contribution in [0.5, 0.6) is 0 Å². The summed E-state index contributed by atoms with van der Waals surface area (Å²) in [5.41, 5.74) is 1.49. The lowest BCUT2D eigenvalue weighted by Crippen LogP contribution is -2.50. The first-order chi connectivity index (χ1) is 15.2. The maximum atomic E-state index is 13.6. The Balaban J connectivity index is 1.59. The number of carbonyl (C=O) groups excluding carboxylic acids is 2. The maximum Gasteiger partial charge on any atom is 0.416 e. The van der Waals surface area contributed by atoms with Gasteiger partial charge in [0, 0.05) is 22.0 Å². The maximum absolute atomic E-state index is 13.6. The lowest BCUT2D eigenvalue weighted by Gasteiger charge is -2.37. The van der Waals surface area contributed by atoms with Crippen LogP contribution < -0.4 is 10.2 Å². The Morgan fingerprint density at radius 2 is 1.69 bits per heavy atom. The fourth-order valence-corrected chi connectivity index (χ4v) is 4.22. The highest BCUT2D eigenvalue weighted by molar-refractivity contribution is 6.31. The average Bonchev–Trinajstić information content (AvgIpc) is 2.74. The number of halogens is 4. The van der Waals surface area contributed by atoms with Crippen molar-refractivity contribution in [1.82, 2.24) is 0 Å². The monoisotopic (exact) mass is 454 g/mol. The van der Waals surface area contributed by atoms with E-state index >= 15 is 0 Å². The molecule has 0 saturated carbocycles. The molecule has 32 heavy (non-hydrogen) atoms. The SMILES string of the molecule is O=C1c2c3ccc(Nc4ccc(C(F)(F)F)cc4)c2C(=O)N(c2cccc(Cl)c2)C1C=C3. The van der Waals surface area contributed by atoms with E-state index in [-0.39, 0.29) is 11.3 Å². The molecule has 0 radical (unpaired) electrons. The molecule has 1 amide bonds. The second-order valence-electron chi connectivity index (χ2n) is 7.48. The third kappa shape index (κ3) is 3.26. The molecule has 160 valence electrons.